The second-order valence-electron chi connectivity index (χ2n) is 6.86. The van der Waals surface area contributed by atoms with Crippen LogP contribution in [0, 0.1) is 5.82 Å². The van der Waals surface area contributed by atoms with E-state index in [9.17, 15) is 18.8 Å². The normalized spacial score (nSPS) is 13.1. The molecule has 6 nitrogen and oxygen atoms in total. The summed E-state index contributed by atoms with van der Waals surface area (Å²) in [6, 6.07) is 10.4. The third-order valence-corrected chi connectivity index (χ3v) is 4.93. The van der Waals surface area contributed by atoms with Gasteiger partial charge in [-0.25, -0.2) is 4.39 Å². The molecule has 0 unspecified atom stereocenters. The number of nitrogens with one attached hydrogen (secondary N) is 1. The first-order valence-electron chi connectivity index (χ1n) is 9.30. The number of hydrogen-bond acceptors (Lipinski definition) is 4. The van der Waals surface area contributed by atoms with Crippen LogP contribution in [0.5, 0.6) is 0 Å². The Bertz CT molecular complexity index is 1140. The lowest BCUT2D eigenvalue weighted by Gasteiger charge is -2.21. The summed E-state index contributed by atoms with van der Waals surface area (Å²) in [4.78, 5) is 42.4. The van der Waals surface area contributed by atoms with E-state index in [1.807, 2.05) is 0 Å². The molecule has 0 saturated carbocycles. The molecule has 0 atom stereocenters. The van der Waals surface area contributed by atoms with Gasteiger partial charge >= 0.3 is 0 Å². The van der Waals surface area contributed by atoms with Gasteiger partial charge in [-0.1, -0.05) is 6.07 Å². The lowest BCUT2D eigenvalue weighted by molar-refractivity contribution is 0.0949. The Kier molecular flexibility index (Phi) is 5.03. The summed E-state index contributed by atoms with van der Waals surface area (Å²) in [7, 11) is 0. The molecule has 0 radical (unpaired) electrons. The number of carbonyl (C=O) groups excluding carboxylic acids is 2. The number of halogens is 1. The molecule has 0 aliphatic heterocycles. The zero-order valence-corrected chi connectivity index (χ0v) is 15.5. The number of rotatable bonds is 4. The molecule has 1 amide bonds. The molecule has 1 aliphatic carbocycles. The Labute approximate surface area is 166 Å². The summed E-state index contributed by atoms with van der Waals surface area (Å²) in [5, 5.41) is 2.70. The van der Waals surface area contributed by atoms with Crippen molar-refractivity contribution >= 4 is 11.7 Å². The van der Waals surface area contributed by atoms with E-state index in [0.29, 0.717) is 36.2 Å². The zero-order valence-electron chi connectivity index (χ0n) is 15.5. The van der Waals surface area contributed by atoms with Crippen molar-refractivity contribution in [1.82, 2.24) is 14.9 Å². The molecule has 146 valence electrons. The van der Waals surface area contributed by atoms with Crippen LogP contribution in [-0.4, -0.2) is 21.2 Å². The average molecular weight is 391 g/mol. The number of aromatic nitrogens is 2. The van der Waals surface area contributed by atoms with Crippen LogP contribution in [-0.2, 0) is 13.0 Å². The highest BCUT2D eigenvalue weighted by atomic mass is 19.1. The maximum atomic E-state index is 13.4. The van der Waals surface area contributed by atoms with Crippen molar-refractivity contribution in [1.29, 1.82) is 0 Å². The van der Waals surface area contributed by atoms with Crippen LogP contribution in [0.4, 0.5) is 4.39 Å². The fourth-order valence-corrected chi connectivity index (χ4v) is 3.50. The number of fused-ring (bicyclic) bond motifs is 1. The molecule has 29 heavy (non-hydrogen) atoms. The SMILES string of the molecule is O=C1CCCc2c1cc(C(=O)NCc1cccnc1)c(=O)n2-c1ccc(F)cc1. The van der Waals surface area contributed by atoms with Crippen molar-refractivity contribution in [3.8, 4) is 5.69 Å². The van der Waals surface area contributed by atoms with Gasteiger partial charge in [-0.3, -0.25) is 23.9 Å². The first-order valence-corrected chi connectivity index (χ1v) is 9.30. The molecule has 0 spiro atoms. The number of pyridine rings is 2. The summed E-state index contributed by atoms with van der Waals surface area (Å²) in [5.74, 6) is -1.11. The van der Waals surface area contributed by atoms with Crippen LogP contribution in [0.3, 0.4) is 0 Å². The van der Waals surface area contributed by atoms with Crippen molar-refractivity contribution < 1.29 is 14.0 Å². The minimum atomic E-state index is -0.573. The zero-order chi connectivity index (χ0) is 20.4. The predicted octanol–water partition coefficient (Wildman–Crippen LogP) is 2.82. The summed E-state index contributed by atoms with van der Waals surface area (Å²) >= 11 is 0. The van der Waals surface area contributed by atoms with Crippen LogP contribution in [0.25, 0.3) is 5.69 Å². The van der Waals surface area contributed by atoms with Crippen molar-refractivity contribution in [2.24, 2.45) is 0 Å². The molecule has 4 rings (SSSR count). The molecule has 0 saturated heterocycles. The molecule has 1 aliphatic rings. The minimum Gasteiger partial charge on any atom is -0.348 e. The van der Waals surface area contributed by atoms with E-state index in [4.69, 9.17) is 0 Å². The van der Waals surface area contributed by atoms with Gasteiger partial charge in [0.1, 0.15) is 11.4 Å². The van der Waals surface area contributed by atoms with Gasteiger partial charge in [-0.2, -0.15) is 0 Å². The molecule has 2 aromatic heterocycles. The molecular weight excluding hydrogens is 373 g/mol. The fraction of sp³-hybridized carbons (Fsp3) is 0.182. The van der Waals surface area contributed by atoms with E-state index in [2.05, 4.69) is 10.3 Å². The van der Waals surface area contributed by atoms with Gasteiger partial charge in [0.15, 0.2) is 5.78 Å². The summed E-state index contributed by atoms with van der Waals surface area (Å²) in [6.45, 7) is 0.202. The van der Waals surface area contributed by atoms with Crippen molar-refractivity contribution in [3.63, 3.8) is 0 Å². The summed E-state index contributed by atoms with van der Waals surface area (Å²) in [6.07, 6.45) is 4.77. The monoisotopic (exact) mass is 391 g/mol. The Morgan fingerprint density at radius 2 is 1.93 bits per heavy atom. The minimum absolute atomic E-state index is 0.108. The van der Waals surface area contributed by atoms with Gasteiger partial charge in [0.25, 0.3) is 11.5 Å². The first kappa shape index (κ1) is 18.7. The second kappa shape index (κ2) is 7.79. The van der Waals surface area contributed by atoms with Crippen LogP contribution < -0.4 is 10.9 Å². The molecule has 0 fully saturated rings. The highest BCUT2D eigenvalue weighted by Gasteiger charge is 2.26. The van der Waals surface area contributed by atoms with Crippen molar-refractivity contribution in [2.45, 2.75) is 25.8 Å². The highest BCUT2D eigenvalue weighted by Crippen LogP contribution is 2.23. The van der Waals surface area contributed by atoms with Crippen LogP contribution >= 0.6 is 0 Å². The van der Waals surface area contributed by atoms with Gasteiger partial charge in [0.2, 0.25) is 0 Å². The molecule has 1 aromatic carbocycles. The summed E-state index contributed by atoms with van der Waals surface area (Å²) in [5.41, 5.74) is 1.48. The van der Waals surface area contributed by atoms with E-state index < -0.39 is 17.3 Å². The predicted molar refractivity (Wildman–Crippen MR) is 105 cm³/mol. The maximum Gasteiger partial charge on any atom is 0.268 e. The molecular formula is C22H18FN3O3. The van der Waals surface area contributed by atoms with Crippen LogP contribution in [0.2, 0.25) is 0 Å². The third kappa shape index (κ3) is 3.71. The van der Waals surface area contributed by atoms with E-state index >= 15 is 0 Å². The Hall–Kier alpha value is -3.61. The van der Waals surface area contributed by atoms with Crippen molar-refractivity contribution in [2.75, 3.05) is 0 Å². The number of Topliss-reactive ketones (excluding diaryl/α,β-unsaturated/α-hetero) is 1. The highest BCUT2D eigenvalue weighted by molar-refractivity contribution is 6.01. The number of hydrogen-bond donors (Lipinski definition) is 1. The average Bonchev–Trinajstić information content (AvgIpc) is 2.74. The van der Waals surface area contributed by atoms with Gasteiger partial charge < -0.3 is 5.32 Å². The molecule has 3 aromatic rings. The van der Waals surface area contributed by atoms with Gasteiger partial charge in [0.05, 0.1) is 0 Å². The molecule has 0 bridgehead atoms. The van der Waals surface area contributed by atoms with Crippen molar-refractivity contribution in [3.05, 3.63) is 93.4 Å². The number of ketones is 1. The number of benzene rings is 1. The van der Waals surface area contributed by atoms with Gasteiger partial charge in [-0.05, 0) is 54.8 Å². The number of amides is 1. The smallest absolute Gasteiger partial charge is 0.268 e. The van der Waals surface area contributed by atoms with Crippen LogP contribution in [0.15, 0.2) is 59.7 Å². The Morgan fingerprint density at radius 1 is 1.14 bits per heavy atom. The van der Waals surface area contributed by atoms with E-state index in [0.717, 1.165) is 5.56 Å². The quantitative estimate of drug-likeness (QED) is 0.742. The fourth-order valence-electron chi connectivity index (χ4n) is 3.50. The van der Waals surface area contributed by atoms with E-state index in [1.165, 1.54) is 34.9 Å². The van der Waals surface area contributed by atoms with Crippen LogP contribution in [0.1, 0.15) is 44.8 Å². The standard InChI is InChI=1S/C22H18FN3O3/c23-15-6-8-16(9-7-15)26-19-4-1-5-20(27)17(19)11-18(22(26)29)21(28)25-13-14-3-2-10-24-12-14/h2-3,6-12H,1,4-5,13H2,(H,25,28). The number of carbonyl (C=O) groups is 2. The van der Waals surface area contributed by atoms with E-state index in [1.54, 1.807) is 24.5 Å². The summed E-state index contributed by atoms with van der Waals surface area (Å²) < 4.78 is 14.7. The first-order chi connectivity index (χ1) is 14.0. The molecule has 1 N–H and O–H groups in total. The Morgan fingerprint density at radius 3 is 2.66 bits per heavy atom. The molecule has 7 heteroatoms. The lowest BCUT2D eigenvalue weighted by atomic mass is 9.92. The third-order valence-electron chi connectivity index (χ3n) is 4.93. The van der Waals surface area contributed by atoms with Gasteiger partial charge in [0, 0.05) is 42.3 Å². The lowest BCUT2D eigenvalue weighted by Crippen LogP contribution is -2.36. The topological polar surface area (TPSA) is 81.1 Å². The number of nitrogens with zero attached hydrogens (tertiary/aromatic N) is 2. The van der Waals surface area contributed by atoms with Gasteiger partial charge in [-0.15, -0.1) is 0 Å². The Balaban J connectivity index is 1.78. The largest absolute Gasteiger partial charge is 0.348 e. The van der Waals surface area contributed by atoms with E-state index in [-0.39, 0.29) is 17.9 Å². The molecule has 2 heterocycles. The second-order valence-corrected chi connectivity index (χ2v) is 6.86. The maximum absolute atomic E-state index is 13.4.